The van der Waals surface area contributed by atoms with Gasteiger partial charge in [-0.15, -0.1) is 0 Å². The van der Waals surface area contributed by atoms with Gasteiger partial charge in [0.25, 0.3) is 5.91 Å². The van der Waals surface area contributed by atoms with Crippen molar-refractivity contribution in [2.45, 2.75) is 6.54 Å². The van der Waals surface area contributed by atoms with Crippen molar-refractivity contribution in [3.8, 4) is 11.1 Å². The summed E-state index contributed by atoms with van der Waals surface area (Å²) in [5.74, 6) is -0.275. The number of rotatable bonds is 4. The van der Waals surface area contributed by atoms with Gasteiger partial charge in [0.05, 0.1) is 16.9 Å². The fourth-order valence-electron chi connectivity index (χ4n) is 2.95. The van der Waals surface area contributed by atoms with Crippen LogP contribution < -0.4 is 11.1 Å². The first-order valence-corrected chi connectivity index (χ1v) is 8.86. The number of aromatic nitrogens is 2. The SMILES string of the molecule is NCc1cccc(-c2ccc3ncc(C(=O)Nc4ccccc4Cl)n3c2)c1. The highest BCUT2D eigenvalue weighted by Gasteiger charge is 2.14. The predicted molar refractivity (Wildman–Crippen MR) is 108 cm³/mol. The smallest absolute Gasteiger partial charge is 0.274 e. The fraction of sp³-hybridized carbons (Fsp3) is 0.0476. The molecule has 1 amide bonds. The number of halogens is 1. The Balaban J connectivity index is 1.72. The van der Waals surface area contributed by atoms with Gasteiger partial charge >= 0.3 is 0 Å². The molecular formula is C21H17ClN4O. The lowest BCUT2D eigenvalue weighted by Gasteiger charge is -2.08. The number of benzene rings is 2. The molecule has 0 radical (unpaired) electrons. The third-order valence-electron chi connectivity index (χ3n) is 4.36. The van der Waals surface area contributed by atoms with Crippen molar-refractivity contribution in [1.82, 2.24) is 9.38 Å². The number of nitrogens with zero attached hydrogens (tertiary/aromatic N) is 2. The van der Waals surface area contributed by atoms with Crippen molar-refractivity contribution in [1.29, 1.82) is 0 Å². The Morgan fingerprint density at radius 3 is 2.74 bits per heavy atom. The molecule has 2 aromatic heterocycles. The molecule has 0 atom stereocenters. The van der Waals surface area contributed by atoms with E-state index in [0.29, 0.717) is 28.6 Å². The van der Waals surface area contributed by atoms with Gasteiger partial charge in [-0.25, -0.2) is 4.98 Å². The molecule has 0 spiro atoms. The molecule has 6 heteroatoms. The first kappa shape index (κ1) is 17.3. The summed E-state index contributed by atoms with van der Waals surface area (Å²) in [6.45, 7) is 0.479. The van der Waals surface area contributed by atoms with Crippen LogP contribution in [0.25, 0.3) is 16.8 Å². The van der Waals surface area contributed by atoms with Crippen molar-refractivity contribution in [3.63, 3.8) is 0 Å². The molecule has 2 heterocycles. The molecule has 3 N–H and O–H groups in total. The van der Waals surface area contributed by atoms with Crippen LogP contribution in [0.1, 0.15) is 16.1 Å². The molecule has 0 unspecified atom stereocenters. The number of amides is 1. The van der Waals surface area contributed by atoms with Gasteiger partial charge < -0.3 is 11.1 Å². The van der Waals surface area contributed by atoms with Crippen LogP contribution in [0.2, 0.25) is 5.02 Å². The summed E-state index contributed by atoms with van der Waals surface area (Å²) in [4.78, 5) is 17.1. The maximum Gasteiger partial charge on any atom is 0.274 e. The maximum atomic E-state index is 12.7. The third-order valence-corrected chi connectivity index (χ3v) is 4.69. The molecule has 2 aromatic carbocycles. The summed E-state index contributed by atoms with van der Waals surface area (Å²) in [7, 11) is 0. The van der Waals surface area contributed by atoms with Crippen molar-refractivity contribution in [2.24, 2.45) is 5.73 Å². The van der Waals surface area contributed by atoms with Crippen molar-refractivity contribution >= 4 is 28.8 Å². The summed E-state index contributed by atoms with van der Waals surface area (Å²) in [5, 5.41) is 3.32. The number of carbonyl (C=O) groups excluding carboxylic acids is 1. The Kier molecular flexibility index (Phi) is 4.62. The summed E-state index contributed by atoms with van der Waals surface area (Å²) in [6, 6.07) is 19.0. The van der Waals surface area contributed by atoms with Crippen LogP contribution in [0, 0.1) is 0 Å². The summed E-state index contributed by atoms with van der Waals surface area (Å²) < 4.78 is 1.77. The van der Waals surface area contributed by atoms with Gasteiger partial charge in [-0.05, 0) is 47.0 Å². The van der Waals surface area contributed by atoms with Crippen LogP contribution in [0.3, 0.4) is 0 Å². The Labute approximate surface area is 161 Å². The van der Waals surface area contributed by atoms with Gasteiger partial charge in [0.15, 0.2) is 0 Å². The first-order chi connectivity index (χ1) is 13.2. The molecule has 134 valence electrons. The molecule has 27 heavy (non-hydrogen) atoms. The molecule has 0 saturated carbocycles. The molecular weight excluding hydrogens is 360 g/mol. The van der Waals surface area contributed by atoms with E-state index in [9.17, 15) is 4.79 Å². The molecule has 0 saturated heterocycles. The summed E-state index contributed by atoms with van der Waals surface area (Å²) >= 11 is 6.13. The van der Waals surface area contributed by atoms with Gasteiger partial charge in [-0.2, -0.15) is 0 Å². The second-order valence-electron chi connectivity index (χ2n) is 6.13. The maximum absolute atomic E-state index is 12.7. The van der Waals surface area contributed by atoms with E-state index in [1.807, 2.05) is 54.7 Å². The van der Waals surface area contributed by atoms with Crippen LogP contribution in [0.4, 0.5) is 5.69 Å². The number of nitrogens with two attached hydrogens (primary N) is 1. The molecule has 0 aliphatic heterocycles. The molecule has 4 aromatic rings. The van der Waals surface area contributed by atoms with Gasteiger partial charge in [-0.3, -0.25) is 9.20 Å². The molecule has 0 fully saturated rings. The van der Waals surface area contributed by atoms with Gasteiger partial charge in [0, 0.05) is 12.7 Å². The van der Waals surface area contributed by atoms with E-state index in [-0.39, 0.29) is 5.91 Å². The highest BCUT2D eigenvalue weighted by atomic mass is 35.5. The third kappa shape index (κ3) is 3.43. The standard InChI is InChI=1S/C21H17ClN4O/c22-17-6-1-2-7-18(17)25-21(27)19-12-24-20-9-8-16(13-26(19)20)15-5-3-4-14(10-15)11-23/h1-10,12-13H,11,23H2,(H,25,27). The van der Waals surface area contributed by atoms with Gasteiger partial charge in [0.1, 0.15) is 11.3 Å². The van der Waals surface area contributed by atoms with Crippen LogP contribution in [-0.2, 0) is 6.54 Å². The van der Waals surface area contributed by atoms with E-state index in [2.05, 4.69) is 10.3 Å². The Morgan fingerprint density at radius 2 is 1.93 bits per heavy atom. The number of anilines is 1. The number of fused-ring (bicyclic) bond motifs is 1. The highest BCUT2D eigenvalue weighted by molar-refractivity contribution is 6.33. The van der Waals surface area contributed by atoms with E-state index in [1.165, 1.54) is 0 Å². The number of hydrogen-bond donors (Lipinski definition) is 2. The van der Waals surface area contributed by atoms with E-state index in [0.717, 1.165) is 16.7 Å². The number of imidazole rings is 1. The van der Waals surface area contributed by atoms with E-state index < -0.39 is 0 Å². The Bertz CT molecular complexity index is 1140. The molecule has 0 bridgehead atoms. The number of pyridine rings is 1. The average molecular weight is 377 g/mol. The summed E-state index contributed by atoms with van der Waals surface area (Å²) in [5.41, 5.74) is 10.5. The zero-order valence-corrected chi connectivity index (χ0v) is 15.1. The first-order valence-electron chi connectivity index (χ1n) is 8.48. The number of carbonyl (C=O) groups is 1. The molecule has 4 rings (SSSR count). The lowest BCUT2D eigenvalue weighted by molar-refractivity contribution is 0.102. The van der Waals surface area contributed by atoms with E-state index >= 15 is 0 Å². The Hall–Kier alpha value is -3.15. The fourth-order valence-corrected chi connectivity index (χ4v) is 3.13. The molecule has 0 aliphatic carbocycles. The van der Waals surface area contributed by atoms with Crippen LogP contribution in [-0.4, -0.2) is 15.3 Å². The van der Waals surface area contributed by atoms with Crippen molar-refractivity contribution < 1.29 is 4.79 Å². The second kappa shape index (κ2) is 7.23. The topological polar surface area (TPSA) is 72.4 Å². The Morgan fingerprint density at radius 1 is 1.07 bits per heavy atom. The average Bonchev–Trinajstić information content (AvgIpc) is 3.13. The molecule has 5 nitrogen and oxygen atoms in total. The highest BCUT2D eigenvalue weighted by Crippen LogP contribution is 2.24. The minimum Gasteiger partial charge on any atom is -0.326 e. The van der Waals surface area contributed by atoms with Crippen molar-refractivity contribution in [2.75, 3.05) is 5.32 Å². The largest absolute Gasteiger partial charge is 0.326 e. The number of hydrogen-bond acceptors (Lipinski definition) is 3. The quantitative estimate of drug-likeness (QED) is 0.555. The minimum absolute atomic E-state index is 0.275. The zero-order chi connectivity index (χ0) is 18.8. The normalized spacial score (nSPS) is 10.9. The van der Waals surface area contributed by atoms with Gasteiger partial charge in [-0.1, -0.05) is 41.9 Å². The van der Waals surface area contributed by atoms with E-state index in [4.69, 9.17) is 17.3 Å². The monoisotopic (exact) mass is 376 g/mol. The van der Waals surface area contributed by atoms with E-state index in [1.54, 1.807) is 22.7 Å². The predicted octanol–water partition coefficient (Wildman–Crippen LogP) is 4.37. The lowest BCUT2D eigenvalue weighted by Crippen LogP contribution is -2.14. The molecule has 0 aliphatic rings. The number of nitrogens with one attached hydrogen (secondary N) is 1. The van der Waals surface area contributed by atoms with Gasteiger partial charge in [0.2, 0.25) is 0 Å². The second-order valence-corrected chi connectivity index (χ2v) is 6.54. The number of para-hydroxylation sites is 1. The minimum atomic E-state index is -0.275. The van der Waals surface area contributed by atoms with Crippen LogP contribution >= 0.6 is 11.6 Å². The van der Waals surface area contributed by atoms with Crippen molar-refractivity contribution in [3.05, 3.63) is 89.3 Å². The lowest BCUT2D eigenvalue weighted by atomic mass is 10.0. The summed E-state index contributed by atoms with van der Waals surface area (Å²) in [6.07, 6.45) is 3.46. The van der Waals surface area contributed by atoms with Crippen LogP contribution in [0.5, 0.6) is 0 Å². The zero-order valence-electron chi connectivity index (χ0n) is 14.4. The van der Waals surface area contributed by atoms with Crippen LogP contribution in [0.15, 0.2) is 73.1 Å².